The lowest BCUT2D eigenvalue weighted by Crippen LogP contribution is -2.60. The van der Waals surface area contributed by atoms with Gasteiger partial charge in [-0.3, -0.25) is 0 Å². The van der Waals surface area contributed by atoms with E-state index in [9.17, 15) is 0 Å². The van der Waals surface area contributed by atoms with Crippen molar-refractivity contribution in [2.45, 2.75) is 71.6 Å². The fraction of sp³-hybridized carbons (Fsp3) is 0.164. The van der Waals surface area contributed by atoms with Crippen LogP contribution in [0.1, 0.15) is 77.6 Å². The smallest absolute Gasteiger partial charge is 0.333 e. The molecule has 0 amide bonds. The molecule has 0 radical (unpaired) electrons. The molecule has 3 aromatic heterocycles. The molecule has 3 nitrogen and oxygen atoms in total. The first-order valence-corrected chi connectivity index (χ1v) is 26.4. The molecule has 9 aromatic carbocycles. The predicted molar refractivity (Wildman–Crippen MR) is 308 cm³/mol. The Balaban J connectivity index is 1.17. The maximum Gasteiger partial charge on any atom is 0.333 e. The monoisotopic (exact) mass is 944 g/mol. The number of hydrogen-bond donors (Lipinski definition) is 0. The standard InChI is InChI=1S/C67H53BN2OS/c1-65(2,3)40-27-30-42(31-28-40)70-53-36-50-45(43-23-15-17-25-49(43)67(50,7)8)34-47(53)58-59-44-24-16-18-26-55(44)71-63(59)60-46-33-41(66(4,5)6)29-32-52(46)69-54-35-48-56(37-51(54)68(70)61(58)62(60)69)72-64(39-21-13-10-14-22-39)57(48)38-19-11-9-12-20-38/h9-37H,1-8H3. The molecule has 0 atom stereocenters. The van der Waals surface area contributed by atoms with E-state index in [-0.39, 0.29) is 23.1 Å². The number of hydrogen-bond acceptors (Lipinski definition) is 3. The lowest BCUT2D eigenvalue weighted by molar-refractivity contribution is 0.590. The summed E-state index contributed by atoms with van der Waals surface area (Å²) in [5.41, 5.74) is 24.6. The Kier molecular flexibility index (Phi) is 8.37. The van der Waals surface area contributed by atoms with Gasteiger partial charge in [0.05, 0.1) is 16.4 Å². The van der Waals surface area contributed by atoms with Crippen LogP contribution < -0.4 is 15.7 Å². The quantitative estimate of drug-likeness (QED) is 0.165. The summed E-state index contributed by atoms with van der Waals surface area (Å²) in [6.45, 7) is 18.6. The van der Waals surface area contributed by atoms with Crippen LogP contribution in [0, 0.1) is 0 Å². The Morgan fingerprint density at radius 1 is 0.528 bits per heavy atom. The van der Waals surface area contributed by atoms with E-state index in [4.69, 9.17) is 4.42 Å². The molecule has 5 heteroatoms. The molecule has 0 saturated heterocycles. The van der Waals surface area contributed by atoms with Crippen LogP contribution in [0.15, 0.2) is 180 Å². The summed E-state index contributed by atoms with van der Waals surface area (Å²) < 4.78 is 11.3. The van der Waals surface area contributed by atoms with Gasteiger partial charge in [0, 0.05) is 64.7 Å². The fourth-order valence-corrected chi connectivity index (χ4v) is 14.4. The lowest BCUT2D eigenvalue weighted by atomic mass is 9.43. The minimum atomic E-state index is -0.197. The first-order valence-electron chi connectivity index (χ1n) is 25.6. The van der Waals surface area contributed by atoms with Gasteiger partial charge in [0.15, 0.2) is 0 Å². The van der Waals surface area contributed by atoms with Crippen molar-refractivity contribution >= 4 is 94.3 Å². The van der Waals surface area contributed by atoms with Gasteiger partial charge in [-0.05, 0) is 126 Å². The first-order chi connectivity index (χ1) is 34.8. The minimum absolute atomic E-state index is 0.00362. The highest BCUT2D eigenvalue weighted by Crippen LogP contribution is 2.57. The molecule has 12 aromatic rings. The Hall–Kier alpha value is -7.60. The fourth-order valence-electron chi connectivity index (χ4n) is 13.1. The summed E-state index contributed by atoms with van der Waals surface area (Å²) in [6.07, 6.45) is 0. The number of anilines is 2. The van der Waals surface area contributed by atoms with E-state index in [1.807, 2.05) is 11.3 Å². The third-order valence-electron chi connectivity index (χ3n) is 16.7. The molecule has 0 spiro atoms. The summed E-state index contributed by atoms with van der Waals surface area (Å²) in [6, 6.07) is 67.0. The number of aromatic nitrogens is 1. The second-order valence-electron chi connectivity index (χ2n) is 23.2. The van der Waals surface area contributed by atoms with Gasteiger partial charge >= 0.3 is 6.85 Å². The van der Waals surface area contributed by atoms with E-state index in [0.717, 1.165) is 16.6 Å². The Labute approximate surface area is 425 Å². The maximum atomic E-state index is 7.35. The predicted octanol–water partition coefficient (Wildman–Crippen LogP) is 17.4. The highest BCUT2D eigenvalue weighted by Gasteiger charge is 2.48. The third-order valence-corrected chi connectivity index (χ3v) is 17.9. The second kappa shape index (κ2) is 14.3. The van der Waals surface area contributed by atoms with Gasteiger partial charge in [-0.15, -0.1) is 11.3 Å². The average molecular weight is 945 g/mol. The van der Waals surface area contributed by atoms with Crippen molar-refractivity contribution in [1.29, 1.82) is 0 Å². The average Bonchev–Trinajstić information content (AvgIpc) is 4.12. The van der Waals surface area contributed by atoms with Crippen LogP contribution >= 0.6 is 11.3 Å². The molecule has 0 fully saturated rings. The van der Waals surface area contributed by atoms with Crippen LogP contribution in [0.2, 0.25) is 0 Å². The van der Waals surface area contributed by atoms with Gasteiger partial charge < -0.3 is 13.8 Å². The van der Waals surface area contributed by atoms with Crippen molar-refractivity contribution < 1.29 is 4.42 Å². The van der Waals surface area contributed by atoms with E-state index in [2.05, 4.69) is 241 Å². The van der Waals surface area contributed by atoms with Gasteiger partial charge in [0.25, 0.3) is 0 Å². The molecule has 5 heterocycles. The summed E-state index contributed by atoms with van der Waals surface area (Å²) in [5.74, 6) is 0. The van der Waals surface area contributed by atoms with Crippen molar-refractivity contribution in [3.63, 3.8) is 0 Å². The molecule has 72 heavy (non-hydrogen) atoms. The zero-order chi connectivity index (χ0) is 48.7. The molecule has 0 unspecified atom stereocenters. The molecule has 0 saturated carbocycles. The number of fused-ring (bicyclic) bond motifs is 17. The topological polar surface area (TPSA) is 21.3 Å². The highest BCUT2D eigenvalue weighted by molar-refractivity contribution is 7.23. The number of furan rings is 1. The van der Waals surface area contributed by atoms with Crippen LogP contribution in [-0.2, 0) is 16.2 Å². The van der Waals surface area contributed by atoms with E-state index in [1.165, 1.54) is 131 Å². The number of nitrogens with zero attached hydrogens (tertiary/aromatic N) is 2. The van der Waals surface area contributed by atoms with Crippen LogP contribution in [0.3, 0.4) is 0 Å². The van der Waals surface area contributed by atoms with E-state index in [0.29, 0.717) is 0 Å². The van der Waals surface area contributed by atoms with Gasteiger partial charge in [-0.1, -0.05) is 177 Å². The number of para-hydroxylation sites is 1. The molecular weight excluding hydrogens is 892 g/mol. The molecule has 0 bridgehead atoms. The molecular formula is C67H53BN2OS. The second-order valence-corrected chi connectivity index (χ2v) is 24.3. The Bertz CT molecular complexity index is 4310. The number of benzene rings is 9. The van der Waals surface area contributed by atoms with Gasteiger partial charge in [-0.25, -0.2) is 0 Å². The SMILES string of the molecule is CC(C)(C)c1ccc(N2B3c4cc5sc(-c6ccccc6)c(-c6ccccc6)c5cc4-n4c5ccc(C(C)(C)C)cc5c5c6oc7ccccc7c6c(c3c54)-c3cc4c(cc32)C(C)(C)c2ccccc2-4)cc1. The van der Waals surface area contributed by atoms with Crippen LogP contribution in [0.5, 0.6) is 0 Å². The highest BCUT2D eigenvalue weighted by atomic mass is 32.1. The van der Waals surface area contributed by atoms with Crippen molar-refractivity contribution in [3.05, 3.63) is 198 Å². The summed E-state index contributed by atoms with van der Waals surface area (Å²) >= 11 is 1.92. The zero-order valence-corrected chi connectivity index (χ0v) is 42.8. The zero-order valence-electron chi connectivity index (χ0n) is 42.0. The van der Waals surface area contributed by atoms with Crippen molar-refractivity contribution in [3.8, 4) is 49.5 Å². The number of thiophene rings is 1. The van der Waals surface area contributed by atoms with Crippen molar-refractivity contribution in [1.82, 2.24) is 4.57 Å². The maximum absolute atomic E-state index is 7.35. The molecule has 346 valence electrons. The molecule has 15 rings (SSSR count). The molecule has 1 aliphatic carbocycles. The first kappa shape index (κ1) is 42.1. The summed E-state index contributed by atoms with van der Waals surface area (Å²) in [7, 11) is 0. The van der Waals surface area contributed by atoms with Gasteiger partial charge in [0.1, 0.15) is 11.2 Å². The van der Waals surface area contributed by atoms with E-state index < -0.39 is 0 Å². The summed E-state index contributed by atoms with van der Waals surface area (Å²) in [4.78, 5) is 4.02. The molecule has 3 aliphatic rings. The van der Waals surface area contributed by atoms with Crippen LogP contribution in [0.25, 0.3) is 103 Å². The van der Waals surface area contributed by atoms with Crippen LogP contribution in [-0.4, -0.2) is 11.4 Å². The normalized spacial score (nSPS) is 14.4. The van der Waals surface area contributed by atoms with E-state index >= 15 is 0 Å². The molecule has 2 aliphatic heterocycles. The van der Waals surface area contributed by atoms with Gasteiger partial charge in [0.2, 0.25) is 0 Å². The van der Waals surface area contributed by atoms with Gasteiger partial charge in [-0.2, -0.15) is 0 Å². The molecule has 0 N–H and O–H groups in total. The van der Waals surface area contributed by atoms with E-state index in [1.54, 1.807) is 0 Å². The largest absolute Gasteiger partial charge is 0.455 e. The number of rotatable bonds is 3. The minimum Gasteiger partial charge on any atom is -0.455 e. The third kappa shape index (κ3) is 5.58. The van der Waals surface area contributed by atoms with Crippen LogP contribution in [0.4, 0.5) is 11.4 Å². The lowest BCUT2D eigenvalue weighted by Gasteiger charge is -2.43. The van der Waals surface area contributed by atoms with Crippen molar-refractivity contribution in [2.24, 2.45) is 0 Å². The summed E-state index contributed by atoms with van der Waals surface area (Å²) in [5, 5.41) is 6.04. The Morgan fingerprint density at radius 2 is 1.21 bits per heavy atom. The van der Waals surface area contributed by atoms with Crippen molar-refractivity contribution in [2.75, 3.05) is 4.81 Å². The Morgan fingerprint density at radius 3 is 1.96 bits per heavy atom.